The number of hydrogen-bond acceptors (Lipinski definition) is 7. The van der Waals surface area contributed by atoms with E-state index in [1.54, 1.807) is 18.2 Å². The minimum atomic E-state index is -0.389. The van der Waals surface area contributed by atoms with E-state index in [-0.39, 0.29) is 17.4 Å². The Kier molecular flexibility index (Phi) is 9.04. The minimum absolute atomic E-state index is 0.238. The number of anilines is 2. The molecule has 0 amide bonds. The standard InChI is InChI=1S/C24H25FN8O.C2H6/c1-3-15-6-5-7-19-22(15)24(34)33(32-17-10-8-16(25)9-11-17)23(31-19)18(4-2)30-21-12-20(27-13-26)28-14-29-21;1-2/h5-14,18,32H,3-4H2,1-2H3,(H3,26,27,28,29,30);1-2H3. The van der Waals surface area contributed by atoms with E-state index in [1.807, 2.05) is 45.9 Å². The number of fused-ring (bicyclic) bond motifs is 1. The van der Waals surface area contributed by atoms with Crippen LogP contribution in [0.3, 0.4) is 0 Å². The molecule has 1 atom stereocenters. The molecule has 0 bridgehead atoms. The van der Waals surface area contributed by atoms with Gasteiger partial charge < -0.3 is 11.1 Å². The topological polar surface area (TPSA) is 123 Å². The van der Waals surface area contributed by atoms with Crippen LogP contribution in [0.25, 0.3) is 10.9 Å². The predicted molar refractivity (Wildman–Crippen MR) is 143 cm³/mol. The van der Waals surface area contributed by atoms with Gasteiger partial charge in [-0.25, -0.2) is 29.0 Å². The lowest BCUT2D eigenvalue weighted by Gasteiger charge is -2.23. The molecule has 0 radical (unpaired) electrons. The Morgan fingerprint density at radius 1 is 1.14 bits per heavy atom. The second kappa shape index (κ2) is 12.4. The second-order valence-corrected chi connectivity index (χ2v) is 7.54. The molecule has 4 rings (SSSR count). The van der Waals surface area contributed by atoms with Crippen molar-refractivity contribution in [2.24, 2.45) is 10.7 Å². The molecule has 0 saturated carbocycles. The summed E-state index contributed by atoms with van der Waals surface area (Å²) in [6, 6.07) is 12.7. The first-order chi connectivity index (χ1) is 17.5. The van der Waals surface area contributed by atoms with Crippen LogP contribution in [-0.4, -0.2) is 26.0 Å². The summed E-state index contributed by atoms with van der Waals surface area (Å²) in [4.78, 5) is 30.8. The number of halogens is 1. The predicted octanol–water partition coefficient (Wildman–Crippen LogP) is 4.97. The van der Waals surface area contributed by atoms with Crippen molar-refractivity contribution in [1.29, 1.82) is 0 Å². The molecule has 0 fully saturated rings. The highest BCUT2D eigenvalue weighted by molar-refractivity contribution is 5.81. The van der Waals surface area contributed by atoms with Crippen molar-refractivity contribution < 1.29 is 4.39 Å². The van der Waals surface area contributed by atoms with E-state index in [9.17, 15) is 9.18 Å². The number of nitrogens with two attached hydrogens (primary N) is 1. The summed E-state index contributed by atoms with van der Waals surface area (Å²) in [7, 11) is 0. The van der Waals surface area contributed by atoms with Crippen LogP contribution in [-0.2, 0) is 6.42 Å². The van der Waals surface area contributed by atoms with Crippen molar-refractivity contribution in [2.45, 2.75) is 46.6 Å². The van der Waals surface area contributed by atoms with Gasteiger partial charge >= 0.3 is 0 Å². The third-order valence-corrected chi connectivity index (χ3v) is 5.38. The van der Waals surface area contributed by atoms with Gasteiger partial charge in [0.05, 0.1) is 29.0 Å². The van der Waals surface area contributed by atoms with Gasteiger partial charge in [-0.3, -0.25) is 10.2 Å². The SMILES string of the molecule is CC.CCc1cccc2nc(C(CC)Nc3cc(N=CN)ncn3)n(Nc3ccc(F)cc3)c(=O)c12. The lowest BCUT2D eigenvalue weighted by molar-refractivity contribution is 0.626. The molecule has 36 heavy (non-hydrogen) atoms. The average molecular weight is 491 g/mol. The van der Waals surface area contributed by atoms with Crippen LogP contribution >= 0.6 is 0 Å². The van der Waals surface area contributed by atoms with Crippen LogP contribution in [0.5, 0.6) is 0 Å². The Morgan fingerprint density at radius 2 is 1.89 bits per heavy atom. The lowest BCUT2D eigenvalue weighted by atomic mass is 10.1. The number of hydrogen-bond donors (Lipinski definition) is 3. The largest absolute Gasteiger partial charge is 0.390 e. The van der Waals surface area contributed by atoms with E-state index in [0.717, 1.165) is 11.9 Å². The molecule has 0 aliphatic heterocycles. The van der Waals surface area contributed by atoms with Gasteiger partial charge in [0.2, 0.25) is 0 Å². The van der Waals surface area contributed by atoms with Crippen molar-refractivity contribution in [3.05, 3.63) is 82.4 Å². The molecule has 2 heterocycles. The molecule has 188 valence electrons. The highest BCUT2D eigenvalue weighted by Gasteiger charge is 2.21. The molecule has 9 nitrogen and oxygen atoms in total. The van der Waals surface area contributed by atoms with E-state index in [0.29, 0.717) is 46.9 Å². The van der Waals surface area contributed by atoms with Crippen LogP contribution in [0.4, 0.5) is 21.7 Å². The van der Waals surface area contributed by atoms with E-state index < -0.39 is 0 Å². The molecule has 2 aromatic carbocycles. The van der Waals surface area contributed by atoms with Gasteiger partial charge in [0.1, 0.15) is 18.0 Å². The Balaban J connectivity index is 0.00000176. The third-order valence-electron chi connectivity index (χ3n) is 5.38. The third kappa shape index (κ3) is 5.83. The van der Waals surface area contributed by atoms with E-state index in [2.05, 4.69) is 25.7 Å². The summed E-state index contributed by atoms with van der Waals surface area (Å²) in [5.41, 5.74) is 10.3. The Bertz CT molecular complexity index is 1390. The summed E-state index contributed by atoms with van der Waals surface area (Å²) >= 11 is 0. The molecule has 0 aliphatic rings. The van der Waals surface area contributed by atoms with E-state index in [1.165, 1.54) is 23.1 Å². The second-order valence-electron chi connectivity index (χ2n) is 7.54. The van der Waals surface area contributed by atoms with Gasteiger partial charge in [0, 0.05) is 6.07 Å². The summed E-state index contributed by atoms with van der Waals surface area (Å²) in [6.07, 6.45) is 3.81. The zero-order valence-electron chi connectivity index (χ0n) is 20.9. The highest BCUT2D eigenvalue weighted by atomic mass is 19.1. The van der Waals surface area contributed by atoms with Crippen LogP contribution in [0.15, 0.2) is 64.6 Å². The molecule has 4 aromatic rings. The first-order valence-corrected chi connectivity index (χ1v) is 11.9. The zero-order chi connectivity index (χ0) is 26.1. The fraction of sp³-hybridized carbons (Fsp3) is 0.269. The number of benzene rings is 2. The molecule has 4 N–H and O–H groups in total. The Labute approximate surface area is 209 Å². The summed E-state index contributed by atoms with van der Waals surface area (Å²) < 4.78 is 14.9. The van der Waals surface area contributed by atoms with Crippen LogP contribution < -0.4 is 22.0 Å². The van der Waals surface area contributed by atoms with Crippen molar-refractivity contribution in [1.82, 2.24) is 19.6 Å². The normalized spacial score (nSPS) is 11.7. The molecule has 0 spiro atoms. The van der Waals surface area contributed by atoms with Crippen molar-refractivity contribution in [3.8, 4) is 0 Å². The van der Waals surface area contributed by atoms with Crippen LogP contribution in [0.2, 0.25) is 0 Å². The monoisotopic (exact) mass is 490 g/mol. The fourth-order valence-electron chi connectivity index (χ4n) is 3.71. The number of rotatable bonds is 8. The number of nitrogens with zero attached hydrogens (tertiary/aromatic N) is 5. The van der Waals surface area contributed by atoms with Crippen molar-refractivity contribution >= 4 is 34.6 Å². The molecule has 0 saturated heterocycles. The molecule has 2 aromatic heterocycles. The van der Waals surface area contributed by atoms with Gasteiger partial charge in [-0.1, -0.05) is 39.8 Å². The van der Waals surface area contributed by atoms with Gasteiger partial charge in [-0.05, 0) is 48.7 Å². The lowest BCUT2D eigenvalue weighted by Crippen LogP contribution is -2.34. The van der Waals surface area contributed by atoms with Crippen molar-refractivity contribution in [3.63, 3.8) is 0 Å². The maximum Gasteiger partial charge on any atom is 0.280 e. The van der Waals surface area contributed by atoms with E-state index >= 15 is 0 Å². The Morgan fingerprint density at radius 3 is 2.56 bits per heavy atom. The maximum atomic E-state index is 13.7. The summed E-state index contributed by atoms with van der Waals surface area (Å²) in [6.45, 7) is 7.96. The Hall–Kier alpha value is -4.34. The van der Waals surface area contributed by atoms with Gasteiger partial charge in [-0.2, -0.15) is 0 Å². The smallest absolute Gasteiger partial charge is 0.280 e. The first-order valence-electron chi connectivity index (χ1n) is 11.9. The number of aromatic nitrogens is 4. The summed E-state index contributed by atoms with van der Waals surface area (Å²) in [5, 5.41) is 3.85. The van der Waals surface area contributed by atoms with E-state index in [4.69, 9.17) is 10.7 Å². The average Bonchev–Trinajstić information content (AvgIpc) is 2.91. The molecule has 1 unspecified atom stereocenters. The molecule has 0 aliphatic carbocycles. The number of aliphatic imine (C=N–C) groups is 1. The molecular weight excluding hydrogens is 459 g/mol. The minimum Gasteiger partial charge on any atom is -0.390 e. The zero-order valence-corrected chi connectivity index (χ0v) is 20.9. The van der Waals surface area contributed by atoms with Crippen molar-refractivity contribution in [2.75, 3.05) is 10.7 Å². The van der Waals surface area contributed by atoms with Crippen LogP contribution in [0, 0.1) is 5.82 Å². The summed E-state index contributed by atoms with van der Waals surface area (Å²) in [5.74, 6) is 0.999. The van der Waals surface area contributed by atoms with Gasteiger partial charge in [0.25, 0.3) is 5.56 Å². The van der Waals surface area contributed by atoms with Gasteiger partial charge in [-0.15, -0.1) is 0 Å². The quantitative estimate of drug-likeness (QED) is 0.235. The number of aryl methyl sites for hydroxylation is 1. The molecular formula is C26H31FN8O. The first kappa shape index (κ1) is 26.3. The van der Waals surface area contributed by atoms with Gasteiger partial charge in [0.15, 0.2) is 11.6 Å². The number of nitrogens with one attached hydrogen (secondary N) is 2. The van der Waals surface area contributed by atoms with Crippen LogP contribution in [0.1, 0.15) is 51.5 Å². The molecule has 10 heteroatoms. The fourth-order valence-corrected chi connectivity index (χ4v) is 3.71. The maximum absolute atomic E-state index is 13.7. The highest BCUT2D eigenvalue weighted by Crippen LogP contribution is 2.24.